The van der Waals surface area contributed by atoms with Crippen LogP contribution in [0.5, 0.6) is 0 Å². The van der Waals surface area contributed by atoms with Gasteiger partial charge in [0.15, 0.2) is 0 Å². The van der Waals surface area contributed by atoms with Crippen molar-refractivity contribution in [2.75, 3.05) is 6.54 Å². The number of hydrogen-bond acceptors (Lipinski definition) is 4. The van der Waals surface area contributed by atoms with Gasteiger partial charge in [-0.1, -0.05) is 19.1 Å². The van der Waals surface area contributed by atoms with Gasteiger partial charge in [-0.3, -0.25) is 4.90 Å². The zero-order valence-corrected chi connectivity index (χ0v) is 11.6. The molecule has 0 amide bonds. The van der Waals surface area contributed by atoms with Crippen molar-refractivity contribution in [2.24, 2.45) is 0 Å². The van der Waals surface area contributed by atoms with E-state index in [0.717, 1.165) is 31.4 Å². The van der Waals surface area contributed by atoms with Crippen LogP contribution >= 0.6 is 0 Å². The van der Waals surface area contributed by atoms with Crippen LogP contribution in [0.2, 0.25) is 0 Å². The van der Waals surface area contributed by atoms with Crippen molar-refractivity contribution in [1.29, 1.82) is 0 Å². The summed E-state index contributed by atoms with van der Waals surface area (Å²) >= 11 is 0. The van der Waals surface area contributed by atoms with Gasteiger partial charge < -0.3 is 4.42 Å². The number of aromatic nitrogens is 2. The molecule has 0 unspecified atom stereocenters. The molecule has 0 aliphatic carbocycles. The number of halogens is 1. The molecule has 0 radical (unpaired) electrons. The number of hydrogen-bond donors (Lipinski definition) is 0. The van der Waals surface area contributed by atoms with E-state index in [1.165, 1.54) is 12.1 Å². The molecule has 0 N–H and O–H groups in total. The van der Waals surface area contributed by atoms with Crippen LogP contribution in [-0.2, 0) is 13.0 Å². The Hall–Kier alpha value is -1.75. The lowest BCUT2D eigenvalue weighted by molar-refractivity contribution is 0.221. The molecule has 0 saturated carbocycles. The lowest BCUT2D eigenvalue weighted by Gasteiger charge is -2.23. The third-order valence-corrected chi connectivity index (χ3v) is 3.77. The molecule has 1 saturated heterocycles. The molecule has 0 bridgehead atoms. The maximum atomic E-state index is 13.0. The Labute approximate surface area is 117 Å². The fraction of sp³-hybridized carbons (Fsp3) is 0.467. The minimum absolute atomic E-state index is 0.192. The molecular formula is C15H18FN3O. The lowest BCUT2D eigenvalue weighted by Crippen LogP contribution is -2.23. The number of likely N-dealkylation sites (tertiary alicyclic amines) is 1. The van der Waals surface area contributed by atoms with Crippen molar-refractivity contribution in [3.8, 4) is 0 Å². The van der Waals surface area contributed by atoms with Crippen molar-refractivity contribution in [2.45, 2.75) is 38.8 Å². The fourth-order valence-corrected chi connectivity index (χ4v) is 2.75. The second-order valence-electron chi connectivity index (χ2n) is 5.12. The van der Waals surface area contributed by atoms with E-state index in [0.29, 0.717) is 24.4 Å². The van der Waals surface area contributed by atoms with Crippen molar-refractivity contribution < 1.29 is 8.81 Å². The summed E-state index contributed by atoms with van der Waals surface area (Å²) in [6.07, 6.45) is 2.98. The summed E-state index contributed by atoms with van der Waals surface area (Å²) in [7, 11) is 0. The fourth-order valence-electron chi connectivity index (χ4n) is 2.75. The van der Waals surface area contributed by atoms with Crippen molar-refractivity contribution in [1.82, 2.24) is 15.1 Å². The minimum Gasteiger partial charge on any atom is -0.424 e. The Balaban J connectivity index is 1.73. The van der Waals surface area contributed by atoms with Gasteiger partial charge >= 0.3 is 0 Å². The molecule has 1 aliphatic heterocycles. The summed E-state index contributed by atoms with van der Waals surface area (Å²) in [5, 5.41) is 8.07. The van der Waals surface area contributed by atoms with Gasteiger partial charge in [0.25, 0.3) is 0 Å². The monoisotopic (exact) mass is 275 g/mol. The Bertz CT molecular complexity index is 567. The molecule has 5 heteroatoms. The first-order valence-corrected chi connectivity index (χ1v) is 7.07. The van der Waals surface area contributed by atoms with E-state index in [1.807, 2.05) is 19.1 Å². The number of benzene rings is 1. The van der Waals surface area contributed by atoms with Crippen LogP contribution in [0.1, 0.15) is 43.2 Å². The van der Waals surface area contributed by atoms with E-state index in [2.05, 4.69) is 15.1 Å². The van der Waals surface area contributed by atoms with Gasteiger partial charge in [0, 0.05) is 12.5 Å². The Morgan fingerprint density at radius 1 is 1.25 bits per heavy atom. The van der Waals surface area contributed by atoms with E-state index in [-0.39, 0.29) is 5.82 Å². The van der Waals surface area contributed by atoms with Gasteiger partial charge in [-0.2, -0.15) is 0 Å². The predicted octanol–water partition coefficient (Wildman–Crippen LogP) is 3.11. The van der Waals surface area contributed by atoms with E-state index in [1.54, 1.807) is 0 Å². The topological polar surface area (TPSA) is 42.2 Å². The molecule has 2 aromatic rings. The Kier molecular flexibility index (Phi) is 3.78. The zero-order chi connectivity index (χ0) is 13.9. The molecule has 1 atom stereocenters. The van der Waals surface area contributed by atoms with Gasteiger partial charge in [-0.25, -0.2) is 4.39 Å². The molecule has 4 nitrogen and oxygen atoms in total. The Morgan fingerprint density at radius 3 is 2.70 bits per heavy atom. The summed E-state index contributed by atoms with van der Waals surface area (Å²) < 4.78 is 18.6. The maximum absolute atomic E-state index is 13.0. The van der Waals surface area contributed by atoms with Gasteiger partial charge in [-0.15, -0.1) is 10.2 Å². The highest BCUT2D eigenvalue weighted by molar-refractivity contribution is 5.21. The number of aryl methyl sites for hydroxylation is 1. The number of rotatable bonds is 4. The second-order valence-corrected chi connectivity index (χ2v) is 5.12. The molecular weight excluding hydrogens is 257 g/mol. The zero-order valence-electron chi connectivity index (χ0n) is 11.6. The third-order valence-electron chi connectivity index (χ3n) is 3.77. The normalized spacial score (nSPS) is 19.6. The first-order chi connectivity index (χ1) is 9.76. The first kappa shape index (κ1) is 13.2. The van der Waals surface area contributed by atoms with Crippen LogP contribution in [0, 0.1) is 5.82 Å². The van der Waals surface area contributed by atoms with Gasteiger partial charge in [0.05, 0.1) is 6.54 Å². The van der Waals surface area contributed by atoms with Crippen LogP contribution in [0.15, 0.2) is 28.7 Å². The van der Waals surface area contributed by atoms with Crippen molar-refractivity contribution >= 4 is 0 Å². The summed E-state index contributed by atoms with van der Waals surface area (Å²) in [6.45, 7) is 3.66. The average molecular weight is 275 g/mol. The first-order valence-electron chi connectivity index (χ1n) is 7.07. The third kappa shape index (κ3) is 2.72. The maximum Gasteiger partial charge on any atom is 0.230 e. The molecule has 20 heavy (non-hydrogen) atoms. The van der Waals surface area contributed by atoms with E-state index >= 15 is 0 Å². The number of nitrogens with zero attached hydrogens (tertiary/aromatic N) is 3. The van der Waals surface area contributed by atoms with Crippen LogP contribution in [-0.4, -0.2) is 21.6 Å². The van der Waals surface area contributed by atoms with E-state index < -0.39 is 0 Å². The van der Waals surface area contributed by atoms with Gasteiger partial charge in [0.2, 0.25) is 11.8 Å². The molecule has 1 aromatic heterocycles. The smallest absolute Gasteiger partial charge is 0.230 e. The SMILES string of the molecule is CCc1nnc(CN2CCC[C@@H]2c2ccc(F)cc2)o1. The van der Waals surface area contributed by atoms with Gasteiger partial charge in [-0.05, 0) is 37.1 Å². The predicted molar refractivity (Wildman–Crippen MR) is 72.5 cm³/mol. The lowest BCUT2D eigenvalue weighted by atomic mass is 10.0. The largest absolute Gasteiger partial charge is 0.424 e. The molecule has 3 rings (SSSR count). The van der Waals surface area contributed by atoms with Crippen molar-refractivity contribution in [3.05, 3.63) is 47.4 Å². The van der Waals surface area contributed by atoms with E-state index in [9.17, 15) is 4.39 Å². The second kappa shape index (κ2) is 5.71. The summed E-state index contributed by atoms with van der Waals surface area (Å²) in [4.78, 5) is 2.32. The quantitative estimate of drug-likeness (QED) is 0.860. The van der Waals surface area contributed by atoms with Gasteiger partial charge in [0.1, 0.15) is 5.82 Å². The van der Waals surface area contributed by atoms with E-state index in [4.69, 9.17) is 4.42 Å². The molecule has 2 heterocycles. The minimum atomic E-state index is -0.192. The van der Waals surface area contributed by atoms with Crippen LogP contribution in [0.4, 0.5) is 4.39 Å². The summed E-state index contributed by atoms with van der Waals surface area (Å²) in [6, 6.07) is 7.09. The summed E-state index contributed by atoms with van der Waals surface area (Å²) in [5.41, 5.74) is 1.15. The average Bonchev–Trinajstić information content (AvgIpc) is 3.09. The molecule has 0 spiro atoms. The highest BCUT2D eigenvalue weighted by Crippen LogP contribution is 2.32. The van der Waals surface area contributed by atoms with Crippen LogP contribution in [0.3, 0.4) is 0 Å². The van der Waals surface area contributed by atoms with Crippen LogP contribution in [0.25, 0.3) is 0 Å². The van der Waals surface area contributed by atoms with Crippen LogP contribution < -0.4 is 0 Å². The molecule has 1 aliphatic rings. The molecule has 106 valence electrons. The highest BCUT2D eigenvalue weighted by Gasteiger charge is 2.27. The summed E-state index contributed by atoms with van der Waals surface area (Å²) in [5.74, 6) is 1.15. The highest BCUT2D eigenvalue weighted by atomic mass is 19.1. The van der Waals surface area contributed by atoms with Crippen molar-refractivity contribution in [3.63, 3.8) is 0 Å². The molecule has 1 aromatic carbocycles. The molecule has 1 fully saturated rings. The standard InChI is InChI=1S/C15H18FN3O/c1-2-14-17-18-15(20-14)10-19-9-3-4-13(19)11-5-7-12(16)8-6-11/h5-8,13H,2-4,9-10H2,1H3/t13-/m1/s1. The Morgan fingerprint density at radius 2 is 2.00 bits per heavy atom.